The number of unbranched alkanes of at least 4 members (excludes halogenated alkanes) is 2. The Kier molecular flexibility index (Phi) is 26.5. The van der Waals surface area contributed by atoms with E-state index < -0.39 is 57.6 Å². The van der Waals surface area contributed by atoms with Gasteiger partial charge in [-0.15, -0.1) is 0 Å². The van der Waals surface area contributed by atoms with Crippen molar-refractivity contribution in [3.05, 3.63) is 72.9 Å². The molecule has 0 aromatic heterocycles. The van der Waals surface area contributed by atoms with Crippen molar-refractivity contribution in [3.8, 4) is 0 Å². The Balaban J connectivity index is 3.89. The second kappa shape index (κ2) is 28.4. The number of allylic oxidation sites excluding steroid dienone is 12. The Morgan fingerprint density at radius 3 is 1.71 bits per heavy atom. The molecule has 254 valence electrons. The molecule has 1 amide bonds. The maximum absolute atomic E-state index is 11.9. The number of hydrogen-bond acceptors (Lipinski definition) is 8. The third-order valence-corrected chi connectivity index (χ3v) is 6.77. The second-order valence-electron chi connectivity index (χ2n) is 9.87. The van der Waals surface area contributed by atoms with Gasteiger partial charge in [0.2, 0.25) is 5.91 Å². The number of aliphatic hydroxyl groups excluding tert-OH is 1. The van der Waals surface area contributed by atoms with Gasteiger partial charge in [-0.05, 0) is 57.8 Å². The minimum atomic E-state index is -4.72. The average Bonchev–Trinajstić information content (AvgIpc) is 3.01. The number of aliphatic hydroxyl groups is 1. The van der Waals surface area contributed by atoms with Gasteiger partial charge >= 0.3 is 19.8 Å². The molecule has 0 rings (SSSR count). The van der Waals surface area contributed by atoms with E-state index in [4.69, 9.17) is 9.84 Å². The molecule has 3 atom stereocenters. The highest BCUT2D eigenvalue weighted by Crippen LogP contribution is 2.43. The minimum Gasteiger partial charge on any atom is -0.480 e. The first-order valence-corrected chi connectivity index (χ1v) is 17.0. The maximum atomic E-state index is 11.9. The van der Waals surface area contributed by atoms with E-state index in [0.717, 1.165) is 51.4 Å². The van der Waals surface area contributed by atoms with Gasteiger partial charge in [0.15, 0.2) is 6.04 Å². The van der Waals surface area contributed by atoms with Crippen molar-refractivity contribution in [1.82, 2.24) is 5.32 Å². The molecule has 0 saturated heterocycles. The second-order valence-corrected chi connectivity index (χ2v) is 11.3. The number of ether oxygens (including phenoxy) is 1. The molecule has 45 heavy (non-hydrogen) atoms. The standard InChI is InChI=1S/C33H52NO10P/c1-3-5-6-7-8-9-10-11-12-13-14-15-16-17-18-19-20-21-22-23-24-25-32(37)42-26-29(35)27-43-45(40,41)44-28-30(33(38)39)34-31(36)4-2/h5-6,8-9,11-12,14-15,17-18,20-21,29-30,35H,3-4,7,10,13,16,19,22-28H2,1-2H3,(H,34,36)(H,38,39)(H,40,41)/b6-5-,9-8-,12-11-,15-14-,18-17-,21-20-. The van der Waals surface area contributed by atoms with Crippen LogP contribution in [-0.2, 0) is 32.7 Å². The number of nitrogens with one attached hydrogen (secondary N) is 1. The summed E-state index contributed by atoms with van der Waals surface area (Å²) in [5, 5.41) is 21.0. The van der Waals surface area contributed by atoms with Crippen LogP contribution in [0.2, 0.25) is 0 Å². The molecule has 0 heterocycles. The molecule has 0 aliphatic heterocycles. The zero-order valence-electron chi connectivity index (χ0n) is 26.6. The average molecular weight is 654 g/mol. The van der Waals surface area contributed by atoms with Gasteiger partial charge in [0.25, 0.3) is 0 Å². The van der Waals surface area contributed by atoms with Gasteiger partial charge in [-0.1, -0.05) is 86.8 Å². The molecular weight excluding hydrogens is 601 g/mol. The summed E-state index contributed by atoms with van der Waals surface area (Å²) >= 11 is 0. The van der Waals surface area contributed by atoms with Crippen molar-refractivity contribution in [2.24, 2.45) is 0 Å². The monoisotopic (exact) mass is 653 g/mol. The third-order valence-electron chi connectivity index (χ3n) is 5.82. The molecule has 4 N–H and O–H groups in total. The normalized spacial score (nSPS) is 15.1. The Hall–Kier alpha value is -3.08. The molecular formula is C33H52NO10P. The summed E-state index contributed by atoms with van der Waals surface area (Å²) in [6.45, 7) is 1.68. The van der Waals surface area contributed by atoms with Gasteiger partial charge in [-0.2, -0.15) is 0 Å². The topological polar surface area (TPSA) is 169 Å². The van der Waals surface area contributed by atoms with E-state index in [9.17, 15) is 28.9 Å². The van der Waals surface area contributed by atoms with Crippen molar-refractivity contribution >= 4 is 25.7 Å². The van der Waals surface area contributed by atoms with E-state index >= 15 is 0 Å². The van der Waals surface area contributed by atoms with Crippen LogP contribution in [0.25, 0.3) is 0 Å². The zero-order valence-corrected chi connectivity index (χ0v) is 27.5. The molecule has 0 aromatic rings. The molecule has 0 radical (unpaired) electrons. The molecule has 0 saturated carbocycles. The number of carbonyl (C=O) groups is 3. The summed E-state index contributed by atoms with van der Waals surface area (Å²) in [5.74, 6) is -2.55. The minimum absolute atomic E-state index is 0.0193. The first-order valence-electron chi connectivity index (χ1n) is 15.5. The van der Waals surface area contributed by atoms with Crippen molar-refractivity contribution in [2.75, 3.05) is 19.8 Å². The SMILES string of the molecule is CC/C=C\C/C=C\C/C=C\C/C=C\C/C=C\C/C=C\CCCCC(=O)OCC(O)COP(=O)(O)OCC(NC(=O)CC)C(=O)O. The number of aliphatic carboxylic acids is 1. The number of esters is 1. The molecule has 0 bridgehead atoms. The van der Waals surface area contributed by atoms with Crippen LogP contribution in [0.1, 0.15) is 84.5 Å². The lowest BCUT2D eigenvalue weighted by Crippen LogP contribution is -2.43. The van der Waals surface area contributed by atoms with Crippen LogP contribution in [0, 0.1) is 0 Å². The predicted molar refractivity (Wildman–Crippen MR) is 175 cm³/mol. The fraction of sp³-hybridized carbons (Fsp3) is 0.545. The molecule has 12 heteroatoms. The first-order chi connectivity index (χ1) is 21.6. The quantitative estimate of drug-likeness (QED) is 0.0344. The fourth-order valence-electron chi connectivity index (χ4n) is 3.34. The van der Waals surface area contributed by atoms with Gasteiger partial charge in [-0.25, -0.2) is 9.36 Å². The zero-order chi connectivity index (χ0) is 33.6. The van der Waals surface area contributed by atoms with Gasteiger partial charge in [0, 0.05) is 12.8 Å². The van der Waals surface area contributed by atoms with Gasteiger partial charge < -0.3 is 25.2 Å². The molecule has 0 aliphatic carbocycles. The Morgan fingerprint density at radius 2 is 1.22 bits per heavy atom. The Labute approximate surface area is 268 Å². The van der Waals surface area contributed by atoms with Gasteiger partial charge in [0.1, 0.15) is 12.7 Å². The largest absolute Gasteiger partial charge is 0.480 e. The highest BCUT2D eigenvalue weighted by molar-refractivity contribution is 7.47. The first kappa shape index (κ1) is 41.9. The number of hydrogen-bond donors (Lipinski definition) is 4. The van der Waals surface area contributed by atoms with Crippen molar-refractivity contribution in [1.29, 1.82) is 0 Å². The van der Waals surface area contributed by atoms with Crippen LogP contribution in [-0.4, -0.2) is 64.9 Å². The predicted octanol–water partition coefficient (Wildman–Crippen LogP) is 6.26. The summed E-state index contributed by atoms with van der Waals surface area (Å²) in [4.78, 5) is 44.0. The summed E-state index contributed by atoms with van der Waals surface area (Å²) < 4.78 is 26.1. The van der Waals surface area contributed by atoms with Crippen LogP contribution in [0.4, 0.5) is 0 Å². The molecule has 0 fully saturated rings. The van der Waals surface area contributed by atoms with E-state index in [0.29, 0.717) is 6.42 Å². The lowest BCUT2D eigenvalue weighted by Gasteiger charge is -2.18. The number of carbonyl (C=O) groups excluding carboxylic acids is 2. The maximum Gasteiger partial charge on any atom is 0.472 e. The van der Waals surface area contributed by atoms with E-state index in [1.807, 2.05) is 0 Å². The van der Waals surface area contributed by atoms with Gasteiger partial charge in [0.05, 0.1) is 13.2 Å². The smallest absolute Gasteiger partial charge is 0.472 e. The van der Waals surface area contributed by atoms with Crippen LogP contribution >= 0.6 is 7.82 Å². The van der Waals surface area contributed by atoms with E-state index in [1.165, 1.54) is 6.92 Å². The summed E-state index contributed by atoms with van der Waals surface area (Å²) in [5.41, 5.74) is 0. The summed E-state index contributed by atoms with van der Waals surface area (Å²) in [6, 6.07) is -1.55. The van der Waals surface area contributed by atoms with E-state index in [2.05, 4.69) is 94.2 Å². The van der Waals surface area contributed by atoms with Crippen molar-refractivity contribution < 1.29 is 47.8 Å². The van der Waals surface area contributed by atoms with Crippen LogP contribution in [0.3, 0.4) is 0 Å². The fourth-order valence-corrected chi connectivity index (χ4v) is 4.11. The number of rotatable bonds is 27. The van der Waals surface area contributed by atoms with Crippen LogP contribution in [0.5, 0.6) is 0 Å². The number of phosphoric acid groups is 1. The Bertz CT molecular complexity index is 1050. The number of carboxylic acid groups (broad SMARTS) is 1. The lowest BCUT2D eigenvalue weighted by atomic mass is 10.2. The molecule has 3 unspecified atom stereocenters. The number of carboxylic acids is 1. The number of phosphoric ester groups is 1. The van der Waals surface area contributed by atoms with Crippen LogP contribution < -0.4 is 5.32 Å². The highest BCUT2D eigenvalue weighted by Gasteiger charge is 2.28. The van der Waals surface area contributed by atoms with Crippen LogP contribution in [0.15, 0.2) is 72.9 Å². The van der Waals surface area contributed by atoms with E-state index in [-0.39, 0.29) is 12.8 Å². The Morgan fingerprint density at radius 1 is 0.733 bits per heavy atom. The van der Waals surface area contributed by atoms with E-state index in [1.54, 1.807) is 0 Å². The summed E-state index contributed by atoms with van der Waals surface area (Å²) in [7, 11) is -4.72. The van der Waals surface area contributed by atoms with Gasteiger partial charge in [-0.3, -0.25) is 18.6 Å². The highest BCUT2D eigenvalue weighted by atomic mass is 31.2. The number of amides is 1. The summed E-state index contributed by atoms with van der Waals surface area (Å²) in [6.07, 6.45) is 32.5. The van der Waals surface area contributed by atoms with Crippen molar-refractivity contribution in [2.45, 2.75) is 96.6 Å². The lowest BCUT2D eigenvalue weighted by molar-refractivity contribution is -0.147. The molecule has 0 aromatic carbocycles. The third kappa shape index (κ3) is 28.2. The van der Waals surface area contributed by atoms with Crippen molar-refractivity contribution in [3.63, 3.8) is 0 Å². The molecule has 11 nitrogen and oxygen atoms in total. The molecule has 0 aliphatic rings. The molecule has 0 spiro atoms.